The molecular weight excluding hydrogens is 460 g/mol. The Kier molecular flexibility index (Phi) is 14.4. The number of ether oxygens (including phenoxy) is 3. The molecule has 0 bridgehead atoms. The summed E-state index contributed by atoms with van der Waals surface area (Å²) in [6.07, 6.45) is 14.9. The molecule has 7 heteroatoms. The van der Waals surface area contributed by atoms with E-state index in [1.807, 2.05) is 12.1 Å². The van der Waals surface area contributed by atoms with Gasteiger partial charge in [0, 0.05) is 6.08 Å². The highest BCUT2D eigenvalue weighted by molar-refractivity contribution is 5.81. The van der Waals surface area contributed by atoms with E-state index in [0.29, 0.717) is 44.6 Å². The summed E-state index contributed by atoms with van der Waals surface area (Å²) in [5.41, 5.74) is 0. The molecule has 2 rings (SSSR count). The summed E-state index contributed by atoms with van der Waals surface area (Å²) in [5.74, 6) is -0.708. The van der Waals surface area contributed by atoms with Crippen molar-refractivity contribution in [3.63, 3.8) is 0 Å². The van der Waals surface area contributed by atoms with E-state index in [4.69, 9.17) is 19.3 Å². The molecule has 1 aliphatic carbocycles. The van der Waals surface area contributed by atoms with Crippen LogP contribution in [0.4, 0.5) is 0 Å². The minimum absolute atomic E-state index is 0.225. The Hall–Kier alpha value is -2.83. The summed E-state index contributed by atoms with van der Waals surface area (Å²) in [4.78, 5) is 34.3. The minimum atomic E-state index is -0.775. The van der Waals surface area contributed by atoms with Crippen molar-refractivity contribution in [2.45, 2.75) is 89.9 Å². The molecule has 0 heterocycles. The van der Waals surface area contributed by atoms with Crippen molar-refractivity contribution in [1.29, 1.82) is 0 Å². The van der Waals surface area contributed by atoms with Gasteiger partial charge >= 0.3 is 17.9 Å². The second-order valence-electron chi connectivity index (χ2n) is 9.53. The predicted octanol–water partition coefficient (Wildman–Crippen LogP) is 6.49. The zero-order chi connectivity index (χ0) is 26.0. The number of carbonyl (C=O) groups excluding carboxylic acids is 2. The van der Waals surface area contributed by atoms with Gasteiger partial charge < -0.3 is 19.3 Å². The van der Waals surface area contributed by atoms with Gasteiger partial charge in [-0.05, 0) is 62.8 Å². The standard InChI is InChI=1S/C29H42O7/c1-2-27(30)35-22-12-10-8-6-4-3-5-7-9-11-21-34-25-17-19-26(20-18-25)36-29(33)24-15-13-23(14-16-24)28(31)32/h2,17-20,23-24H,1,3-16,21-22H2,(H,31,32). The third kappa shape index (κ3) is 12.2. The molecule has 0 aromatic heterocycles. The Bertz CT molecular complexity index is 794. The molecular formula is C29H42O7. The van der Waals surface area contributed by atoms with Crippen molar-refractivity contribution in [2.24, 2.45) is 11.8 Å². The number of benzene rings is 1. The minimum Gasteiger partial charge on any atom is -0.494 e. The van der Waals surface area contributed by atoms with Crippen LogP contribution in [0.1, 0.15) is 89.9 Å². The van der Waals surface area contributed by atoms with E-state index >= 15 is 0 Å². The first kappa shape index (κ1) is 29.4. The zero-order valence-corrected chi connectivity index (χ0v) is 21.5. The Morgan fingerprint density at radius 2 is 1.22 bits per heavy atom. The van der Waals surface area contributed by atoms with E-state index in [1.165, 1.54) is 44.6 Å². The third-order valence-corrected chi connectivity index (χ3v) is 6.67. The fourth-order valence-electron chi connectivity index (χ4n) is 4.42. The Morgan fingerprint density at radius 3 is 1.75 bits per heavy atom. The third-order valence-electron chi connectivity index (χ3n) is 6.67. The average molecular weight is 503 g/mol. The Morgan fingerprint density at radius 1 is 0.750 bits per heavy atom. The van der Waals surface area contributed by atoms with Gasteiger partial charge in [0.05, 0.1) is 25.0 Å². The monoisotopic (exact) mass is 502 g/mol. The van der Waals surface area contributed by atoms with Gasteiger partial charge in [-0.3, -0.25) is 9.59 Å². The summed E-state index contributed by atoms with van der Waals surface area (Å²) in [7, 11) is 0. The number of rotatable bonds is 18. The normalized spacial score (nSPS) is 17.2. The maximum atomic E-state index is 12.3. The molecule has 1 aromatic carbocycles. The smallest absolute Gasteiger partial charge is 0.330 e. The van der Waals surface area contributed by atoms with Crippen molar-refractivity contribution < 1.29 is 33.7 Å². The van der Waals surface area contributed by atoms with Crippen LogP contribution in [0.15, 0.2) is 36.9 Å². The molecule has 0 spiro atoms. The quantitative estimate of drug-likeness (QED) is 0.106. The molecule has 0 radical (unpaired) electrons. The average Bonchev–Trinajstić information content (AvgIpc) is 2.89. The van der Waals surface area contributed by atoms with Gasteiger partial charge in [0.1, 0.15) is 11.5 Å². The highest BCUT2D eigenvalue weighted by Crippen LogP contribution is 2.30. The molecule has 1 aromatic rings. The second kappa shape index (κ2) is 17.6. The van der Waals surface area contributed by atoms with Crippen molar-refractivity contribution >= 4 is 17.9 Å². The summed E-state index contributed by atoms with van der Waals surface area (Å²) < 4.78 is 16.2. The number of carbonyl (C=O) groups is 3. The van der Waals surface area contributed by atoms with Gasteiger partial charge in [-0.2, -0.15) is 0 Å². The van der Waals surface area contributed by atoms with E-state index in [-0.39, 0.29) is 23.8 Å². The largest absolute Gasteiger partial charge is 0.494 e. The van der Waals surface area contributed by atoms with Crippen LogP contribution in [-0.2, 0) is 19.1 Å². The van der Waals surface area contributed by atoms with Crippen molar-refractivity contribution in [3.05, 3.63) is 36.9 Å². The van der Waals surface area contributed by atoms with Crippen molar-refractivity contribution in [1.82, 2.24) is 0 Å². The fraction of sp³-hybridized carbons (Fsp3) is 0.621. The predicted molar refractivity (Wildman–Crippen MR) is 138 cm³/mol. The number of unbranched alkanes of at least 4 members (excludes halogenated alkanes) is 9. The number of hydrogen-bond donors (Lipinski definition) is 1. The molecule has 1 aliphatic rings. The molecule has 200 valence electrons. The van der Waals surface area contributed by atoms with E-state index < -0.39 is 5.97 Å². The van der Waals surface area contributed by atoms with Crippen LogP contribution in [0, 0.1) is 11.8 Å². The molecule has 0 saturated heterocycles. The SMILES string of the molecule is C=CC(=O)OCCCCCCCCCCCCOc1ccc(OC(=O)C2CCC(C(=O)O)CC2)cc1. The number of carboxylic acid groups (broad SMARTS) is 1. The maximum absolute atomic E-state index is 12.3. The molecule has 1 fully saturated rings. The lowest BCUT2D eigenvalue weighted by molar-refractivity contribution is -0.146. The van der Waals surface area contributed by atoms with Crippen LogP contribution in [0.3, 0.4) is 0 Å². The van der Waals surface area contributed by atoms with E-state index in [0.717, 1.165) is 31.4 Å². The number of carboxylic acids is 1. The first-order valence-corrected chi connectivity index (χ1v) is 13.5. The summed E-state index contributed by atoms with van der Waals surface area (Å²) >= 11 is 0. The molecule has 1 saturated carbocycles. The lowest BCUT2D eigenvalue weighted by atomic mass is 9.82. The van der Waals surface area contributed by atoms with Crippen molar-refractivity contribution in [3.8, 4) is 11.5 Å². The lowest BCUT2D eigenvalue weighted by Crippen LogP contribution is -2.28. The fourth-order valence-corrected chi connectivity index (χ4v) is 4.42. The topological polar surface area (TPSA) is 99.1 Å². The van der Waals surface area contributed by atoms with Gasteiger partial charge in [-0.1, -0.05) is 57.9 Å². The van der Waals surface area contributed by atoms with E-state index in [2.05, 4.69) is 6.58 Å². The van der Waals surface area contributed by atoms with Gasteiger partial charge in [0.2, 0.25) is 0 Å². The molecule has 1 N–H and O–H groups in total. The Balaban J connectivity index is 1.44. The van der Waals surface area contributed by atoms with Crippen LogP contribution < -0.4 is 9.47 Å². The van der Waals surface area contributed by atoms with Crippen molar-refractivity contribution in [2.75, 3.05) is 13.2 Å². The first-order valence-electron chi connectivity index (χ1n) is 13.5. The highest BCUT2D eigenvalue weighted by atomic mass is 16.5. The van der Waals surface area contributed by atoms with Crippen LogP contribution >= 0.6 is 0 Å². The summed E-state index contributed by atoms with van der Waals surface area (Å²) in [6.45, 7) is 4.53. The summed E-state index contributed by atoms with van der Waals surface area (Å²) in [6, 6.07) is 7.11. The lowest BCUT2D eigenvalue weighted by Gasteiger charge is -2.24. The number of hydrogen-bond acceptors (Lipinski definition) is 6. The van der Waals surface area contributed by atoms with Crippen LogP contribution in [-0.4, -0.2) is 36.2 Å². The van der Waals surface area contributed by atoms with Gasteiger partial charge in [0.25, 0.3) is 0 Å². The molecule has 7 nitrogen and oxygen atoms in total. The second-order valence-corrected chi connectivity index (χ2v) is 9.53. The van der Waals surface area contributed by atoms with Gasteiger partial charge in [-0.15, -0.1) is 0 Å². The van der Waals surface area contributed by atoms with Crippen LogP contribution in [0.2, 0.25) is 0 Å². The van der Waals surface area contributed by atoms with Gasteiger partial charge in [0.15, 0.2) is 0 Å². The molecule has 0 amide bonds. The van der Waals surface area contributed by atoms with E-state index in [9.17, 15) is 14.4 Å². The molecule has 0 aliphatic heterocycles. The van der Waals surface area contributed by atoms with Crippen LogP contribution in [0.5, 0.6) is 11.5 Å². The highest BCUT2D eigenvalue weighted by Gasteiger charge is 2.30. The molecule has 36 heavy (non-hydrogen) atoms. The number of aliphatic carboxylic acids is 1. The van der Waals surface area contributed by atoms with E-state index in [1.54, 1.807) is 12.1 Å². The zero-order valence-electron chi connectivity index (χ0n) is 21.5. The maximum Gasteiger partial charge on any atom is 0.330 e. The van der Waals surface area contributed by atoms with Crippen LogP contribution in [0.25, 0.3) is 0 Å². The number of esters is 2. The summed E-state index contributed by atoms with van der Waals surface area (Å²) in [5, 5.41) is 9.07. The Labute approximate surface area is 215 Å². The first-order chi connectivity index (χ1) is 17.5. The molecule has 0 atom stereocenters. The molecule has 0 unspecified atom stereocenters. The van der Waals surface area contributed by atoms with Gasteiger partial charge in [-0.25, -0.2) is 4.79 Å².